The summed E-state index contributed by atoms with van der Waals surface area (Å²) in [6, 6.07) is 21.1. The lowest BCUT2D eigenvalue weighted by atomic mass is 9.96. The molecule has 2 heterocycles. The number of benzene rings is 2. The van der Waals surface area contributed by atoms with E-state index in [1.54, 1.807) is 7.05 Å². The van der Waals surface area contributed by atoms with Crippen molar-refractivity contribution in [2.24, 2.45) is 0 Å². The Morgan fingerprint density at radius 2 is 1.33 bits per heavy atom. The van der Waals surface area contributed by atoms with Gasteiger partial charge >= 0.3 is 0 Å². The van der Waals surface area contributed by atoms with Gasteiger partial charge in [-0.15, -0.1) is 0 Å². The van der Waals surface area contributed by atoms with E-state index in [1.165, 1.54) is 16.0 Å². The van der Waals surface area contributed by atoms with Gasteiger partial charge in [-0.25, -0.2) is 0 Å². The van der Waals surface area contributed by atoms with Gasteiger partial charge < -0.3 is 0 Å². The van der Waals surface area contributed by atoms with Gasteiger partial charge in [-0.3, -0.25) is 24.3 Å². The molecule has 1 atom stereocenters. The molecule has 0 aliphatic carbocycles. The van der Waals surface area contributed by atoms with Gasteiger partial charge in [-0.2, -0.15) is 0 Å². The van der Waals surface area contributed by atoms with E-state index in [9.17, 15) is 9.59 Å². The van der Waals surface area contributed by atoms with Gasteiger partial charge in [0.2, 0.25) is 11.8 Å². The number of hydrogen-bond acceptors (Lipinski definition) is 4. The summed E-state index contributed by atoms with van der Waals surface area (Å²) in [6.45, 7) is 3.34. The number of imide groups is 1. The zero-order chi connectivity index (χ0) is 18.8. The molecule has 0 spiro atoms. The molecule has 5 nitrogen and oxygen atoms in total. The van der Waals surface area contributed by atoms with Gasteiger partial charge in [0.1, 0.15) is 0 Å². The average molecular weight is 363 g/mol. The fourth-order valence-corrected chi connectivity index (χ4v) is 4.21. The van der Waals surface area contributed by atoms with Crippen LogP contribution in [-0.2, 0) is 9.59 Å². The van der Waals surface area contributed by atoms with E-state index in [0.717, 1.165) is 26.2 Å². The molecule has 2 aromatic rings. The molecule has 0 saturated carbocycles. The first-order valence-corrected chi connectivity index (χ1v) is 9.53. The highest BCUT2D eigenvalue weighted by atomic mass is 16.2. The molecule has 2 aromatic carbocycles. The number of likely N-dealkylation sites (tertiary alicyclic amines) is 1. The standard InChI is InChI=1S/C22H25N3O2/c1-23-20(26)16-19(22(23)27)24-12-14-25(15-13-24)21(17-8-4-2-5-9-17)18-10-6-3-7-11-18/h2-11,19,21H,12-16H2,1H3/t19-/m0/s1. The van der Waals surface area contributed by atoms with Crippen LogP contribution in [0.1, 0.15) is 23.6 Å². The van der Waals surface area contributed by atoms with Crippen molar-refractivity contribution in [3.05, 3.63) is 71.8 Å². The van der Waals surface area contributed by atoms with Crippen molar-refractivity contribution in [3.8, 4) is 0 Å². The minimum Gasteiger partial charge on any atom is -0.290 e. The van der Waals surface area contributed by atoms with E-state index in [2.05, 4.69) is 58.3 Å². The minimum absolute atomic E-state index is 0.0591. The maximum atomic E-state index is 12.3. The van der Waals surface area contributed by atoms with Gasteiger partial charge in [0.05, 0.1) is 18.5 Å². The molecular weight excluding hydrogens is 338 g/mol. The molecule has 2 saturated heterocycles. The Balaban J connectivity index is 1.51. The second-order valence-corrected chi connectivity index (χ2v) is 7.31. The summed E-state index contributed by atoms with van der Waals surface area (Å²) in [6.07, 6.45) is 0.316. The van der Waals surface area contributed by atoms with Gasteiger partial charge in [-0.1, -0.05) is 60.7 Å². The van der Waals surface area contributed by atoms with E-state index < -0.39 is 0 Å². The van der Waals surface area contributed by atoms with E-state index in [1.807, 2.05) is 12.1 Å². The Bertz CT molecular complexity index is 761. The Morgan fingerprint density at radius 3 is 1.78 bits per heavy atom. The number of carbonyl (C=O) groups excluding carboxylic acids is 2. The Kier molecular flexibility index (Phi) is 5.05. The Morgan fingerprint density at radius 1 is 0.815 bits per heavy atom. The second kappa shape index (κ2) is 7.62. The van der Waals surface area contributed by atoms with Crippen LogP contribution in [0.5, 0.6) is 0 Å². The summed E-state index contributed by atoms with van der Waals surface area (Å²) in [5, 5.41) is 0. The third-order valence-corrected chi connectivity index (χ3v) is 5.74. The summed E-state index contributed by atoms with van der Waals surface area (Å²) in [5.41, 5.74) is 2.56. The molecule has 2 aliphatic heterocycles. The third kappa shape index (κ3) is 3.53. The van der Waals surface area contributed by atoms with Crippen LogP contribution in [0.25, 0.3) is 0 Å². The molecule has 0 radical (unpaired) electrons. The molecule has 2 amide bonds. The van der Waals surface area contributed by atoms with Gasteiger partial charge in [0.15, 0.2) is 0 Å². The summed E-state index contributed by atoms with van der Waals surface area (Å²) in [5.74, 6) is -0.130. The van der Waals surface area contributed by atoms with Crippen LogP contribution in [-0.4, -0.2) is 65.8 Å². The number of carbonyl (C=O) groups is 2. The van der Waals surface area contributed by atoms with Crippen LogP contribution in [0.2, 0.25) is 0 Å². The molecule has 0 aromatic heterocycles. The summed E-state index contributed by atoms with van der Waals surface area (Å²) >= 11 is 0. The number of likely N-dealkylation sites (N-methyl/N-ethyl adjacent to an activating group) is 1. The normalized spacial score (nSPS) is 22.0. The number of nitrogens with zero attached hydrogens (tertiary/aromatic N) is 3. The zero-order valence-corrected chi connectivity index (χ0v) is 15.6. The lowest BCUT2D eigenvalue weighted by molar-refractivity contribution is -0.138. The third-order valence-electron chi connectivity index (χ3n) is 5.74. The number of rotatable bonds is 4. The average Bonchev–Trinajstić information content (AvgIpc) is 2.98. The second-order valence-electron chi connectivity index (χ2n) is 7.31. The van der Waals surface area contributed by atoms with Gasteiger partial charge in [0.25, 0.3) is 0 Å². The molecule has 27 heavy (non-hydrogen) atoms. The van der Waals surface area contributed by atoms with Crippen molar-refractivity contribution in [3.63, 3.8) is 0 Å². The minimum atomic E-state index is -0.281. The summed E-state index contributed by atoms with van der Waals surface area (Å²) in [7, 11) is 1.59. The van der Waals surface area contributed by atoms with Gasteiger partial charge in [-0.05, 0) is 11.1 Å². The largest absolute Gasteiger partial charge is 0.290 e. The molecule has 5 heteroatoms. The quantitative estimate of drug-likeness (QED) is 0.781. The molecule has 0 N–H and O–H groups in total. The lowest BCUT2D eigenvalue weighted by Crippen LogP contribution is -2.53. The first-order chi connectivity index (χ1) is 13.1. The van der Waals surface area contributed by atoms with Crippen LogP contribution < -0.4 is 0 Å². The van der Waals surface area contributed by atoms with Crippen molar-refractivity contribution in [1.29, 1.82) is 0 Å². The van der Waals surface area contributed by atoms with Crippen molar-refractivity contribution >= 4 is 11.8 Å². The summed E-state index contributed by atoms with van der Waals surface area (Å²) in [4.78, 5) is 30.1. The van der Waals surface area contributed by atoms with E-state index >= 15 is 0 Å². The highest BCUT2D eigenvalue weighted by molar-refractivity contribution is 6.05. The van der Waals surface area contributed by atoms with Crippen LogP contribution in [0, 0.1) is 0 Å². The first-order valence-electron chi connectivity index (χ1n) is 9.53. The predicted molar refractivity (Wildman–Crippen MR) is 104 cm³/mol. The molecular formula is C22H25N3O2. The predicted octanol–water partition coefficient (Wildman–Crippen LogP) is 2.15. The molecule has 140 valence electrons. The maximum Gasteiger partial charge on any atom is 0.246 e. The van der Waals surface area contributed by atoms with Crippen molar-refractivity contribution in [1.82, 2.24) is 14.7 Å². The fourth-order valence-electron chi connectivity index (χ4n) is 4.21. The zero-order valence-electron chi connectivity index (χ0n) is 15.6. The maximum absolute atomic E-state index is 12.3. The Hall–Kier alpha value is -2.50. The summed E-state index contributed by atoms with van der Waals surface area (Å²) < 4.78 is 0. The van der Waals surface area contributed by atoms with Crippen LogP contribution in [0.15, 0.2) is 60.7 Å². The van der Waals surface area contributed by atoms with Crippen LogP contribution in [0.3, 0.4) is 0 Å². The Labute approximate surface area is 160 Å². The molecule has 0 unspecified atom stereocenters. The molecule has 2 fully saturated rings. The van der Waals surface area contributed by atoms with Crippen molar-refractivity contribution in [2.45, 2.75) is 18.5 Å². The SMILES string of the molecule is CN1C(=O)C[C@H](N2CCN(C(c3ccccc3)c3ccccc3)CC2)C1=O. The number of piperazine rings is 1. The number of hydrogen-bond donors (Lipinski definition) is 0. The highest BCUT2D eigenvalue weighted by Crippen LogP contribution is 2.30. The molecule has 4 rings (SSSR count). The van der Waals surface area contributed by atoms with Crippen LogP contribution in [0.4, 0.5) is 0 Å². The smallest absolute Gasteiger partial charge is 0.246 e. The van der Waals surface area contributed by atoms with E-state index in [0.29, 0.717) is 6.42 Å². The monoisotopic (exact) mass is 363 g/mol. The molecule has 2 aliphatic rings. The number of amides is 2. The van der Waals surface area contributed by atoms with Crippen LogP contribution >= 0.6 is 0 Å². The van der Waals surface area contributed by atoms with E-state index in [4.69, 9.17) is 0 Å². The first kappa shape index (κ1) is 17.9. The molecule has 0 bridgehead atoms. The van der Waals surface area contributed by atoms with E-state index in [-0.39, 0.29) is 23.9 Å². The van der Waals surface area contributed by atoms with Crippen molar-refractivity contribution < 1.29 is 9.59 Å². The van der Waals surface area contributed by atoms with Gasteiger partial charge in [0, 0.05) is 33.2 Å². The topological polar surface area (TPSA) is 43.9 Å². The highest BCUT2D eigenvalue weighted by Gasteiger charge is 2.41. The fraction of sp³-hybridized carbons (Fsp3) is 0.364. The van der Waals surface area contributed by atoms with Crippen molar-refractivity contribution in [2.75, 3.05) is 33.2 Å². The lowest BCUT2D eigenvalue weighted by Gasteiger charge is -2.41.